The van der Waals surface area contributed by atoms with Crippen molar-refractivity contribution in [1.29, 1.82) is 0 Å². The van der Waals surface area contributed by atoms with Crippen molar-refractivity contribution in [3.63, 3.8) is 0 Å². The van der Waals surface area contributed by atoms with E-state index in [1.165, 1.54) is 0 Å². The molecule has 0 bridgehead atoms. The molecule has 14 heavy (non-hydrogen) atoms. The van der Waals surface area contributed by atoms with Gasteiger partial charge in [-0.05, 0) is 13.3 Å². The molecular formula is C9H12N4O. The van der Waals surface area contributed by atoms with Gasteiger partial charge in [-0.1, -0.05) is 6.92 Å². The molecule has 0 radical (unpaired) electrons. The molecule has 0 saturated heterocycles. The first-order chi connectivity index (χ1) is 6.76. The molecule has 2 heterocycles. The fraction of sp³-hybridized carbons (Fsp3) is 0.444. The summed E-state index contributed by atoms with van der Waals surface area (Å²) in [6, 6.07) is 0. The molecule has 0 fully saturated rings. The molecule has 0 unspecified atom stereocenters. The van der Waals surface area contributed by atoms with Gasteiger partial charge in [-0.2, -0.15) is 10.2 Å². The summed E-state index contributed by atoms with van der Waals surface area (Å²) in [7, 11) is 0. The van der Waals surface area contributed by atoms with Crippen molar-refractivity contribution < 1.29 is 0 Å². The molecule has 0 aliphatic rings. The van der Waals surface area contributed by atoms with Gasteiger partial charge in [-0.25, -0.2) is 5.10 Å². The highest BCUT2D eigenvalue weighted by molar-refractivity contribution is 5.78. The van der Waals surface area contributed by atoms with Gasteiger partial charge >= 0.3 is 0 Å². The summed E-state index contributed by atoms with van der Waals surface area (Å²) in [6.07, 6.45) is 2.53. The minimum Gasteiger partial charge on any atom is -0.272 e. The molecule has 0 aliphatic carbocycles. The van der Waals surface area contributed by atoms with Crippen molar-refractivity contribution in [3.05, 3.63) is 22.2 Å². The van der Waals surface area contributed by atoms with Crippen LogP contribution in [-0.4, -0.2) is 20.0 Å². The molecule has 0 amide bonds. The molecule has 74 valence electrons. The van der Waals surface area contributed by atoms with Crippen molar-refractivity contribution in [2.45, 2.75) is 26.8 Å². The van der Waals surface area contributed by atoms with Crippen LogP contribution < -0.4 is 5.56 Å². The van der Waals surface area contributed by atoms with E-state index in [-0.39, 0.29) is 5.56 Å². The van der Waals surface area contributed by atoms with Gasteiger partial charge in [0.1, 0.15) is 5.52 Å². The Labute approximate surface area is 80.7 Å². The Hall–Kier alpha value is -1.65. The van der Waals surface area contributed by atoms with E-state index in [1.807, 2.05) is 13.8 Å². The number of nitrogens with zero attached hydrogens (tertiary/aromatic N) is 3. The summed E-state index contributed by atoms with van der Waals surface area (Å²) < 4.78 is 1.75. The van der Waals surface area contributed by atoms with E-state index in [4.69, 9.17) is 0 Å². The second-order valence-electron chi connectivity index (χ2n) is 3.10. The smallest absolute Gasteiger partial charge is 0.272 e. The third-order valence-corrected chi connectivity index (χ3v) is 2.23. The van der Waals surface area contributed by atoms with Crippen LogP contribution in [0.1, 0.15) is 19.5 Å². The topological polar surface area (TPSA) is 63.6 Å². The lowest BCUT2D eigenvalue weighted by molar-refractivity contribution is 0.666. The predicted octanol–water partition coefficient (Wildman–Crippen LogP) is 0.702. The third kappa shape index (κ3) is 1.21. The van der Waals surface area contributed by atoms with Crippen molar-refractivity contribution >= 4 is 10.9 Å². The fourth-order valence-corrected chi connectivity index (χ4v) is 1.44. The number of H-pyrrole nitrogens is 1. The summed E-state index contributed by atoms with van der Waals surface area (Å²) in [6.45, 7) is 4.74. The first-order valence-electron chi connectivity index (χ1n) is 4.71. The van der Waals surface area contributed by atoms with Gasteiger partial charge in [0.05, 0.1) is 11.1 Å². The molecule has 0 atom stereocenters. The van der Waals surface area contributed by atoms with Crippen molar-refractivity contribution in [3.8, 4) is 0 Å². The van der Waals surface area contributed by atoms with Crippen molar-refractivity contribution in [1.82, 2.24) is 20.0 Å². The molecule has 0 aromatic carbocycles. The maximum Gasteiger partial charge on any atom is 0.275 e. The van der Waals surface area contributed by atoms with E-state index in [0.717, 1.165) is 24.2 Å². The zero-order chi connectivity index (χ0) is 10.1. The van der Waals surface area contributed by atoms with Crippen molar-refractivity contribution in [2.75, 3.05) is 0 Å². The Bertz CT molecular complexity index is 511. The minimum absolute atomic E-state index is 0.170. The van der Waals surface area contributed by atoms with Crippen LogP contribution in [-0.2, 0) is 13.0 Å². The number of aryl methyl sites for hydroxylation is 2. The molecule has 2 rings (SSSR count). The normalized spacial score (nSPS) is 11.0. The van der Waals surface area contributed by atoms with Gasteiger partial charge < -0.3 is 0 Å². The van der Waals surface area contributed by atoms with Crippen LogP contribution in [0.5, 0.6) is 0 Å². The number of hydrogen-bond donors (Lipinski definition) is 1. The average molecular weight is 192 g/mol. The van der Waals surface area contributed by atoms with Gasteiger partial charge in [0.25, 0.3) is 5.56 Å². The van der Waals surface area contributed by atoms with Gasteiger partial charge in [-0.3, -0.25) is 9.48 Å². The maximum absolute atomic E-state index is 11.4. The molecule has 2 aromatic heterocycles. The van der Waals surface area contributed by atoms with Crippen LogP contribution in [0.25, 0.3) is 10.9 Å². The number of aromatic nitrogens is 4. The molecule has 5 nitrogen and oxygen atoms in total. The van der Waals surface area contributed by atoms with Crippen LogP contribution >= 0.6 is 0 Å². The highest BCUT2D eigenvalue weighted by Crippen LogP contribution is 2.10. The summed E-state index contributed by atoms with van der Waals surface area (Å²) in [5.41, 5.74) is 1.39. The minimum atomic E-state index is -0.170. The monoisotopic (exact) mass is 192 g/mol. The standard InChI is InChI=1S/C9H12N4O/c1-3-7-8-6(9(14)11-10-7)5-13(4-2)12-8/h5H,3-4H2,1-2H3,(H,11,14). The van der Waals surface area contributed by atoms with Crippen LogP contribution in [0.15, 0.2) is 11.0 Å². The highest BCUT2D eigenvalue weighted by atomic mass is 16.1. The molecule has 2 aromatic rings. The van der Waals surface area contributed by atoms with Crippen molar-refractivity contribution in [2.24, 2.45) is 0 Å². The lowest BCUT2D eigenvalue weighted by Gasteiger charge is -1.94. The Balaban J connectivity index is 2.81. The summed E-state index contributed by atoms with van der Waals surface area (Å²) in [4.78, 5) is 11.4. The van der Waals surface area contributed by atoms with Crippen LogP contribution in [0, 0.1) is 0 Å². The Morgan fingerprint density at radius 2 is 2.29 bits per heavy atom. The number of fused-ring (bicyclic) bond motifs is 1. The lowest BCUT2D eigenvalue weighted by Crippen LogP contribution is -2.09. The quantitative estimate of drug-likeness (QED) is 0.761. The molecule has 0 aliphatic heterocycles. The summed E-state index contributed by atoms with van der Waals surface area (Å²) in [5, 5.41) is 11.4. The van der Waals surface area contributed by atoms with Crippen LogP contribution in [0.3, 0.4) is 0 Å². The molecule has 0 spiro atoms. The Morgan fingerprint density at radius 3 is 2.93 bits per heavy atom. The summed E-state index contributed by atoms with van der Waals surface area (Å²) in [5.74, 6) is 0. The third-order valence-electron chi connectivity index (χ3n) is 2.23. The Kier molecular flexibility index (Phi) is 2.07. The number of rotatable bonds is 2. The van der Waals surface area contributed by atoms with E-state index < -0.39 is 0 Å². The van der Waals surface area contributed by atoms with Crippen LogP contribution in [0.4, 0.5) is 0 Å². The molecule has 5 heteroatoms. The van der Waals surface area contributed by atoms with E-state index in [0.29, 0.717) is 5.39 Å². The number of nitrogens with one attached hydrogen (secondary N) is 1. The first kappa shape index (κ1) is 8.93. The molecular weight excluding hydrogens is 180 g/mol. The predicted molar refractivity (Wildman–Crippen MR) is 53.2 cm³/mol. The van der Waals surface area contributed by atoms with Gasteiger partial charge in [0.15, 0.2) is 0 Å². The average Bonchev–Trinajstić information content (AvgIpc) is 2.63. The van der Waals surface area contributed by atoms with E-state index in [9.17, 15) is 4.79 Å². The second-order valence-corrected chi connectivity index (χ2v) is 3.10. The highest BCUT2D eigenvalue weighted by Gasteiger charge is 2.08. The maximum atomic E-state index is 11.4. The van der Waals surface area contributed by atoms with E-state index in [1.54, 1.807) is 10.9 Å². The van der Waals surface area contributed by atoms with E-state index >= 15 is 0 Å². The van der Waals surface area contributed by atoms with Gasteiger partial charge in [-0.15, -0.1) is 0 Å². The first-order valence-corrected chi connectivity index (χ1v) is 4.71. The molecule has 1 N–H and O–H groups in total. The molecule has 0 saturated carbocycles. The van der Waals surface area contributed by atoms with Gasteiger partial charge in [0, 0.05) is 12.7 Å². The zero-order valence-electron chi connectivity index (χ0n) is 8.24. The van der Waals surface area contributed by atoms with Gasteiger partial charge in [0.2, 0.25) is 0 Å². The zero-order valence-corrected chi connectivity index (χ0v) is 8.24. The second kappa shape index (κ2) is 3.25. The number of aromatic amines is 1. The Morgan fingerprint density at radius 1 is 1.50 bits per heavy atom. The van der Waals surface area contributed by atoms with Crippen LogP contribution in [0.2, 0.25) is 0 Å². The lowest BCUT2D eigenvalue weighted by atomic mass is 10.2. The number of hydrogen-bond acceptors (Lipinski definition) is 3. The fourth-order valence-electron chi connectivity index (χ4n) is 1.44. The van der Waals surface area contributed by atoms with E-state index in [2.05, 4.69) is 15.3 Å². The largest absolute Gasteiger partial charge is 0.275 e. The summed E-state index contributed by atoms with van der Waals surface area (Å²) >= 11 is 0. The SMILES string of the molecule is CCc1n[nH]c(=O)c2cn(CC)nc12.